The number of halogens is 2. The molecule has 2 N–H and O–H groups in total. The Hall–Kier alpha value is -1.50. The molecule has 0 saturated heterocycles. The fourth-order valence-electron chi connectivity index (χ4n) is 1.19. The van der Waals surface area contributed by atoms with Gasteiger partial charge < -0.3 is 9.84 Å². The van der Waals surface area contributed by atoms with E-state index in [2.05, 4.69) is 4.84 Å². The third-order valence-electron chi connectivity index (χ3n) is 2.17. The van der Waals surface area contributed by atoms with Crippen LogP contribution in [0, 0.1) is 0 Å². The van der Waals surface area contributed by atoms with Crippen LogP contribution in [0.2, 0.25) is 10.0 Å². The number of methoxy groups -OCH3 is 1. The van der Waals surface area contributed by atoms with E-state index in [0.717, 1.165) is 0 Å². The number of carboxylic acids is 1. The van der Waals surface area contributed by atoms with Crippen molar-refractivity contribution in [2.45, 2.75) is 13.0 Å². The van der Waals surface area contributed by atoms with Crippen molar-refractivity contribution in [3.05, 3.63) is 27.7 Å². The molecule has 104 valence electrons. The first-order valence-corrected chi connectivity index (χ1v) is 5.84. The molecule has 1 amide bonds. The maximum atomic E-state index is 11.9. The normalized spacial score (nSPS) is 11.8. The maximum absolute atomic E-state index is 11.9. The fourth-order valence-corrected chi connectivity index (χ4v) is 1.66. The van der Waals surface area contributed by atoms with Crippen molar-refractivity contribution in [3.63, 3.8) is 0 Å². The summed E-state index contributed by atoms with van der Waals surface area (Å²) in [5.74, 6) is -1.89. The largest absolute Gasteiger partial charge is 0.494 e. The molecule has 0 radical (unpaired) electrons. The van der Waals surface area contributed by atoms with Crippen molar-refractivity contribution in [2.75, 3.05) is 7.11 Å². The highest BCUT2D eigenvalue weighted by Gasteiger charge is 2.21. The summed E-state index contributed by atoms with van der Waals surface area (Å²) in [5.41, 5.74) is 1.95. The van der Waals surface area contributed by atoms with Gasteiger partial charge in [-0.3, -0.25) is 9.63 Å². The van der Waals surface area contributed by atoms with Gasteiger partial charge in [0.05, 0.1) is 17.2 Å². The lowest BCUT2D eigenvalue weighted by Crippen LogP contribution is -2.32. The van der Waals surface area contributed by atoms with Gasteiger partial charge in [-0.2, -0.15) is 0 Å². The van der Waals surface area contributed by atoms with E-state index in [1.54, 1.807) is 0 Å². The number of nitrogens with one attached hydrogen (secondary N) is 1. The first-order valence-electron chi connectivity index (χ1n) is 5.09. The molecule has 6 nitrogen and oxygen atoms in total. The van der Waals surface area contributed by atoms with E-state index < -0.39 is 18.0 Å². The average molecular weight is 308 g/mol. The van der Waals surface area contributed by atoms with Crippen LogP contribution in [0.1, 0.15) is 17.3 Å². The SMILES string of the molecule is COc1c(Cl)ccc(Cl)c1C(=O)NOC(C)C(=O)O. The lowest BCUT2D eigenvalue weighted by atomic mass is 10.2. The number of hydrogen-bond donors (Lipinski definition) is 2. The first-order chi connectivity index (χ1) is 8.88. The zero-order valence-electron chi connectivity index (χ0n) is 10.1. The van der Waals surface area contributed by atoms with Crippen LogP contribution in [0.4, 0.5) is 0 Å². The van der Waals surface area contributed by atoms with E-state index in [4.69, 9.17) is 33.0 Å². The molecule has 0 aliphatic heterocycles. The molecule has 8 heteroatoms. The number of carboxylic acid groups (broad SMARTS) is 1. The molecular weight excluding hydrogens is 297 g/mol. The molecule has 1 aromatic rings. The summed E-state index contributed by atoms with van der Waals surface area (Å²) in [6, 6.07) is 2.89. The Kier molecular flexibility index (Phi) is 5.41. The summed E-state index contributed by atoms with van der Waals surface area (Å²) in [7, 11) is 1.33. The van der Waals surface area contributed by atoms with Gasteiger partial charge in [-0.25, -0.2) is 10.3 Å². The van der Waals surface area contributed by atoms with Crippen LogP contribution in [0.3, 0.4) is 0 Å². The van der Waals surface area contributed by atoms with E-state index in [1.165, 1.54) is 26.2 Å². The second-order valence-corrected chi connectivity index (χ2v) is 4.28. The zero-order chi connectivity index (χ0) is 14.6. The monoisotopic (exact) mass is 307 g/mol. The lowest BCUT2D eigenvalue weighted by molar-refractivity contribution is -0.152. The van der Waals surface area contributed by atoms with E-state index >= 15 is 0 Å². The number of carbonyl (C=O) groups is 2. The molecule has 0 heterocycles. The number of hydrogen-bond acceptors (Lipinski definition) is 4. The fraction of sp³-hybridized carbons (Fsp3) is 0.273. The predicted octanol–water partition coefficient (Wildman–Crippen LogP) is 2.14. The van der Waals surface area contributed by atoms with Crippen molar-refractivity contribution in [3.8, 4) is 5.75 Å². The summed E-state index contributed by atoms with van der Waals surface area (Å²) in [4.78, 5) is 27.1. The highest BCUT2D eigenvalue weighted by molar-refractivity contribution is 6.37. The summed E-state index contributed by atoms with van der Waals surface area (Å²) in [6.45, 7) is 1.26. The van der Waals surface area contributed by atoms with Crippen molar-refractivity contribution in [2.24, 2.45) is 0 Å². The van der Waals surface area contributed by atoms with Gasteiger partial charge in [-0.05, 0) is 19.1 Å². The number of carbonyl (C=O) groups excluding carboxylic acids is 1. The second kappa shape index (κ2) is 6.60. The van der Waals surface area contributed by atoms with Crippen LogP contribution >= 0.6 is 23.2 Å². The molecule has 19 heavy (non-hydrogen) atoms. The number of ether oxygens (including phenoxy) is 1. The molecule has 1 rings (SSSR count). The Morgan fingerprint density at radius 3 is 2.42 bits per heavy atom. The average Bonchev–Trinajstić information content (AvgIpc) is 2.37. The van der Waals surface area contributed by atoms with Crippen LogP contribution in [0.25, 0.3) is 0 Å². The van der Waals surface area contributed by atoms with E-state index in [0.29, 0.717) is 0 Å². The smallest absolute Gasteiger partial charge is 0.335 e. The Labute approximate surface area is 119 Å². The summed E-state index contributed by atoms with van der Waals surface area (Å²) in [6.07, 6.45) is -1.20. The van der Waals surface area contributed by atoms with Gasteiger partial charge in [-0.1, -0.05) is 23.2 Å². The number of hydroxylamine groups is 1. The second-order valence-electron chi connectivity index (χ2n) is 3.47. The molecule has 0 aliphatic carbocycles. The summed E-state index contributed by atoms with van der Waals surface area (Å²) >= 11 is 11.7. The van der Waals surface area contributed by atoms with Crippen LogP contribution in [0.5, 0.6) is 5.75 Å². The number of aliphatic carboxylic acids is 1. The van der Waals surface area contributed by atoms with Gasteiger partial charge >= 0.3 is 5.97 Å². The van der Waals surface area contributed by atoms with Crippen molar-refractivity contribution >= 4 is 35.1 Å². The third-order valence-corrected chi connectivity index (χ3v) is 2.78. The molecule has 1 unspecified atom stereocenters. The van der Waals surface area contributed by atoms with Gasteiger partial charge in [-0.15, -0.1) is 0 Å². The topological polar surface area (TPSA) is 84.9 Å². The van der Waals surface area contributed by atoms with Crippen LogP contribution in [-0.4, -0.2) is 30.2 Å². The molecule has 1 atom stereocenters. The summed E-state index contributed by atoms with van der Waals surface area (Å²) in [5, 5.41) is 8.92. The molecule has 0 spiro atoms. The number of amides is 1. The van der Waals surface area contributed by atoms with Gasteiger partial charge in [0.2, 0.25) is 0 Å². The quantitative estimate of drug-likeness (QED) is 0.814. The first kappa shape index (κ1) is 15.6. The number of benzene rings is 1. The van der Waals surface area contributed by atoms with Gasteiger partial charge in [0.25, 0.3) is 5.91 Å². The van der Waals surface area contributed by atoms with Crippen molar-refractivity contribution in [1.29, 1.82) is 0 Å². The highest BCUT2D eigenvalue weighted by Crippen LogP contribution is 2.33. The molecular formula is C11H11Cl2NO5. The Morgan fingerprint density at radius 1 is 1.32 bits per heavy atom. The molecule has 0 saturated carbocycles. The van der Waals surface area contributed by atoms with Crippen molar-refractivity contribution < 1.29 is 24.3 Å². The zero-order valence-corrected chi connectivity index (χ0v) is 11.6. The Morgan fingerprint density at radius 2 is 1.89 bits per heavy atom. The van der Waals surface area contributed by atoms with E-state index in [9.17, 15) is 9.59 Å². The van der Waals surface area contributed by atoms with Gasteiger partial charge in [0, 0.05) is 0 Å². The minimum absolute atomic E-state index is 0.0331. The van der Waals surface area contributed by atoms with Gasteiger partial charge in [0.1, 0.15) is 5.56 Å². The minimum Gasteiger partial charge on any atom is -0.494 e. The Balaban J connectivity index is 2.94. The minimum atomic E-state index is -1.22. The highest BCUT2D eigenvalue weighted by atomic mass is 35.5. The van der Waals surface area contributed by atoms with Crippen molar-refractivity contribution in [1.82, 2.24) is 5.48 Å². The van der Waals surface area contributed by atoms with Crippen LogP contribution in [-0.2, 0) is 9.63 Å². The standard InChI is InChI=1S/C11H11Cl2NO5/c1-5(11(16)17)19-14-10(15)8-6(12)3-4-7(13)9(8)18-2/h3-5H,1-2H3,(H,14,15)(H,16,17). The van der Waals surface area contributed by atoms with Crippen LogP contribution in [0.15, 0.2) is 12.1 Å². The molecule has 1 aromatic carbocycles. The molecule has 0 fully saturated rings. The molecule has 0 bridgehead atoms. The Bertz CT molecular complexity index is 506. The van der Waals surface area contributed by atoms with E-state index in [1.807, 2.05) is 5.48 Å². The van der Waals surface area contributed by atoms with Gasteiger partial charge in [0.15, 0.2) is 11.9 Å². The van der Waals surface area contributed by atoms with Crippen LogP contribution < -0.4 is 10.2 Å². The summed E-state index contributed by atoms with van der Waals surface area (Å²) < 4.78 is 4.98. The predicted molar refractivity (Wildman–Crippen MR) is 68.7 cm³/mol. The lowest BCUT2D eigenvalue weighted by Gasteiger charge is -2.13. The molecule has 0 aromatic heterocycles. The number of rotatable bonds is 5. The maximum Gasteiger partial charge on any atom is 0.335 e. The third kappa shape index (κ3) is 3.73. The van der Waals surface area contributed by atoms with E-state index in [-0.39, 0.29) is 21.4 Å². The molecule has 0 aliphatic rings.